The minimum Gasteiger partial charge on any atom is -0.504 e. The second-order valence-electron chi connectivity index (χ2n) is 10.8. The minimum absolute atomic E-state index is 0.131. The van der Waals surface area contributed by atoms with Crippen LogP contribution >= 0.6 is 0 Å². The second-order valence-corrected chi connectivity index (χ2v) is 12.7. The molecule has 3 rings (SSSR count). The lowest BCUT2D eigenvalue weighted by molar-refractivity contribution is 0.415. The number of ether oxygens (including phenoxy) is 1. The van der Waals surface area contributed by atoms with Crippen molar-refractivity contribution < 1.29 is 18.3 Å². The normalized spacial score (nSPS) is 12.7. The van der Waals surface area contributed by atoms with Crippen LogP contribution in [0.1, 0.15) is 97.3 Å². The summed E-state index contributed by atoms with van der Waals surface area (Å²) in [7, 11) is -2.15. The Bertz CT molecular complexity index is 1340. The maximum absolute atomic E-state index is 13.7. The summed E-state index contributed by atoms with van der Waals surface area (Å²) in [6.07, 6.45) is 13.3. The van der Waals surface area contributed by atoms with Gasteiger partial charge in [0.15, 0.2) is 5.75 Å². The smallest absolute Gasteiger partial charge is 0.235 e. The first kappa shape index (κ1) is 32.4. The molecule has 224 valence electrons. The molecule has 0 aromatic heterocycles. The predicted molar refractivity (Wildman–Crippen MR) is 170 cm³/mol. The Labute approximate surface area is 246 Å². The van der Waals surface area contributed by atoms with Crippen LogP contribution in [0.5, 0.6) is 11.5 Å². The number of phenolic OH excluding ortho intramolecular Hbond substituents is 1. The second kappa shape index (κ2) is 17.0. The van der Waals surface area contributed by atoms with E-state index < -0.39 is 15.3 Å². The van der Waals surface area contributed by atoms with Crippen molar-refractivity contribution >= 4 is 37.9 Å². The van der Waals surface area contributed by atoms with Crippen molar-refractivity contribution in [1.29, 1.82) is 0 Å². The zero-order valence-corrected chi connectivity index (χ0v) is 25.8. The van der Waals surface area contributed by atoms with E-state index >= 15 is 0 Å². The number of hydrogen-bond donors (Lipinski definition) is 2. The Morgan fingerprint density at radius 2 is 1.39 bits per heavy atom. The van der Waals surface area contributed by atoms with E-state index in [2.05, 4.69) is 28.8 Å². The molecule has 3 aromatic rings. The van der Waals surface area contributed by atoms with Gasteiger partial charge in [-0.15, -0.1) is 5.11 Å². The number of nitrogens with one attached hydrogen (secondary N) is 1. The third-order valence-corrected chi connectivity index (χ3v) is 9.39. The van der Waals surface area contributed by atoms with Crippen LogP contribution in [0, 0.1) is 0 Å². The monoisotopic (exact) mass is 581 g/mol. The Morgan fingerprint density at radius 3 is 2.00 bits per heavy atom. The first-order valence-corrected chi connectivity index (χ1v) is 16.8. The predicted octanol–water partition coefficient (Wildman–Crippen LogP) is 10.2. The first-order chi connectivity index (χ1) is 19.9. The molecule has 1 atom stereocenters. The largest absolute Gasteiger partial charge is 0.504 e. The molecular weight excluding hydrogens is 534 g/mol. The SMILES string of the molecule is CCCCCCCCC(CCCCCCC)S(=O)(=O)Nc1cc2ccccc2c(N=Nc2ccc(OC)cc2)c1O. The highest BCUT2D eigenvalue weighted by molar-refractivity contribution is 7.93. The Morgan fingerprint density at radius 1 is 0.805 bits per heavy atom. The fraction of sp³-hybridized carbons (Fsp3) is 0.515. The number of nitrogens with zero attached hydrogens (tertiary/aromatic N) is 2. The molecule has 0 spiro atoms. The lowest BCUT2D eigenvalue weighted by atomic mass is 10.0. The van der Waals surface area contributed by atoms with Crippen LogP contribution in [-0.2, 0) is 10.0 Å². The van der Waals surface area contributed by atoms with Crippen LogP contribution in [0.4, 0.5) is 17.1 Å². The number of rotatable bonds is 19. The summed E-state index contributed by atoms with van der Waals surface area (Å²) >= 11 is 0. The molecule has 3 aromatic carbocycles. The van der Waals surface area contributed by atoms with Crippen molar-refractivity contribution in [2.24, 2.45) is 10.2 Å². The van der Waals surface area contributed by atoms with Gasteiger partial charge in [-0.1, -0.05) is 109 Å². The highest BCUT2D eigenvalue weighted by Gasteiger charge is 2.27. The van der Waals surface area contributed by atoms with E-state index in [9.17, 15) is 13.5 Å². The third-order valence-electron chi connectivity index (χ3n) is 7.53. The maximum atomic E-state index is 13.7. The lowest BCUT2D eigenvalue weighted by Gasteiger charge is -2.20. The van der Waals surface area contributed by atoms with E-state index in [-0.39, 0.29) is 17.1 Å². The number of methoxy groups -OCH3 is 1. The highest BCUT2D eigenvalue weighted by Crippen LogP contribution is 2.43. The Balaban J connectivity index is 1.85. The summed E-state index contributed by atoms with van der Waals surface area (Å²) in [5, 5.41) is 20.9. The van der Waals surface area contributed by atoms with E-state index in [0.29, 0.717) is 29.7 Å². The molecule has 0 fully saturated rings. The fourth-order valence-electron chi connectivity index (χ4n) is 5.07. The van der Waals surface area contributed by atoms with Gasteiger partial charge in [0.1, 0.15) is 11.4 Å². The number of anilines is 1. The van der Waals surface area contributed by atoms with Gasteiger partial charge in [0.05, 0.1) is 23.7 Å². The molecule has 0 saturated carbocycles. The summed E-state index contributed by atoms with van der Waals surface area (Å²) in [6, 6.07) is 16.2. The molecule has 41 heavy (non-hydrogen) atoms. The number of unbranched alkanes of at least 4 members (excludes halogenated alkanes) is 9. The topological polar surface area (TPSA) is 100 Å². The van der Waals surface area contributed by atoms with Gasteiger partial charge in [0.2, 0.25) is 10.0 Å². The molecule has 2 N–H and O–H groups in total. The summed E-state index contributed by atoms with van der Waals surface area (Å²) in [4.78, 5) is 0. The van der Waals surface area contributed by atoms with Gasteiger partial charge in [0.25, 0.3) is 0 Å². The van der Waals surface area contributed by atoms with Gasteiger partial charge in [0, 0.05) is 5.39 Å². The van der Waals surface area contributed by atoms with Crippen molar-refractivity contribution in [3.63, 3.8) is 0 Å². The molecule has 8 heteroatoms. The third kappa shape index (κ3) is 10.0. The van der Waals surface area contributed by atoms with Crippen LogP contribution in [-0.4, -0.2) is 25.9 Å². The average molecular weight is 582 g/mol. The van der Waals surface area contributed by atoms with Gasteiger partial charge in [-0.05, 0) is 48.6 Å². The van der Waals surface area contributed by atoms with Crippen LogP contribution in [0.2, 0.25) is 0 Å². The first-order valence-electron chi connectivity index (χ1n) is 15.2. The molecule has 0 aliphatic heterocycles. The van der Waals surface area contributed by atoms with E-state index in [1.54, 1.807) is 37.4 Å². The van der Waals surface area contributed by atoms with Gasteiger partial charge >= 0.3 is 0 Å². The minimum atomic E-state index is -3.74. The number of hydrogen-bond acceptors (Lipinski definition) is 6. The van der Waals surface area contributed by atoms with Gasteiger partial charge < -0.3 is 9.84 Å². The summed E-state index contributed by atoms with van der Waals surface area (Å²) in [5.41, 5.74) is 0.942. The highest BCUT2D eigenvalue weighted by atomic mass is 32.2. The molecule has 0 radical (unpaired) electrons. The van der Waals surface area contributed by atoms with Crippen molar-refractivity contribution in [3.05, 3.63) is 54.6 Å². The maximum Gasteiger partial charge on any atom is 0.235 e. The summed E-state index contributed by atoms with van der Waals surface area (Å²) in [6.45, 7) is 4.37. The van der Waals surface area contributed by atoms with Gasteiger partial charge in [-0.3, -0.25) is 4.72 Å². The quantitative estimate of drug-likeness (QED) is 0.0835. The summed E-state index contributed by atoms with van der Waals surface area (Å²) in [5.74, 6) is 0.473. The molecule has 0 saturated heterocycles. The molecule has 0 bridgehead atoms. The number of phenols is 1. The van der Waals surface area contributed by atoms with Crippen molar-refractivity contribution in [2.45, 2.75) is 103 Å². The Kier molecular flexibility index (Phi) is 13.4. The number of fused-ring (bicyclic) bond motifs is 1. The standard InChI is InChI=1S/C33H47N3O4S/c1-4-6-8-10-12-14-19-29(18-13-11-9-7-5-2)41(38,39)36-31-25-26-17-15-16-20-30(26)32(33(31)37)35-34-27-21-23-28(40-3)24-22-27/h15-17,20-25,29,36-37H,4-14,18-19H2,1-3H3. The van der Waals surface area contributed by atoms with Gasteiger partial charge in [-0.2, -0.15) is 5.11 Å². The van der Waals surface area contributed by atoms with Crippen LogP contribution in [0.25, 0.3) is 10.8 Å². The molecule has 0 aliphatic rings. The lowest BCUT2D eigenvalue weighted by Crippen LogP contribution is -2.28. The number of aromatic hydroxyl groups is 1. The molecular formula is C33H47N3O4S. The average Bonchev–Trinajstić information content (AvgIpc) is 2.97. The zero-order chi connectivity index (χ0) is 29.5. The number of azo groups is 1. The fourth-order valence-corrected chi connectivity index (χ4v) is 6.66. The van der Waals surface area contributed by atoms with E-state index in [1.165, 1.54) is 25.7 Å². The number of sulfonamides is 1. The molecule has 0 heterocycles. The molecule has 7 nitrogen and oxygen atoms in total. The molecule has 0 aliphatic carbocycles. The van der Waals surface area contributed by atoms with E-state index in [0.717, 1.165) is 50.3 Å². The van der Waals surface area contributed by atoms with Crippen molar-refractivity contribution in [3.8, 4) is 11.5 Å². The van der Waals surface area contributed by atoms with Gasteiger partial charge in [-0.25, -0.2) is 8.42 Å². The van der Waals surface area contributed by atoms with E-state index in [1.807, 2.05) is 24.3 Å². The number of benzene rings is 3. The van der Waals surface area contributed by atoms with Crippen molar-refractivity contribution in [2.75, 3.05) is 11.8 Å². The van der Waals surface area contributed by atoms with Crippen LogP contribution in [0.3, 0.4) is 0 Å². The molecule has 1 unspecified atom stereocenters. The van der Waals surface area contributed by atoms with E-state index in [4.69, 9.17) is 4.74 Å². The van der Waals surface area contributed by atoms with Crippen LogP contribution in [0.15, 0.2) is 64.8 Å². The van der Waals surface area contributed by atoms with Crippen molar-refractivity contribution in [1.82, 2.24) is 0 Å². The zero-order valence-electron chi connectivity index (χ0n) is 24.9. The van der Waals surface area contributed by atoms with Crippen LogP contribution < -0.4 is 9.46 Å². The molecule has 0 amide bonds. The Hall–Kier alpha value is -3.13. The summed E-state index contributed by atoms with van der Waals surface area (Å²) < 4.78 is 35.4.